The van der Waals surface area contributed by atoms with Gasteiger partial charge in [-0.05, 0) is 23.7 Å². The lowest BCUT2D eigenvalue weighted by Crippen LogP contribution is -2.28. The van der Waals surface area contributed by atoms with Gasteiger partial charge >= 0.3 is 0 Å². The molecule has 0 saturated heterocycles. The van der Waals surface area contributed by atoms with Crippen LogP contribution in [0, 0.1) is 0 Å². The van der Waals surface area contributed by atoms with Crippen molar-refractivity contribution in [2.75, 3.05) is 13.2 Å². The van der Waals surface area contributed by atoms with Gasteiger partial charge < -0.3 is 16.2 Å². The molecule has 1 aromatic heterocycles. The summed E-state index contributed by atoms with van der Waals surface area (Å²) < 4.78 is 38.0. The maximum atomic E-state index is 13.1. The first-order valence-electron chi connectivity index (χ1n) is 8.57. The number of rotatable bonds is 9. The lowest BCUT2D eigenvalue weighted by Gasteiger charge is -2.18. The van der Waals surface area contributed by atoms with Crippen LogP contribution in [0.3, 0.4) is 0 Å². The molecule has 0 bridgehead atoms. The monoisotopic (exact) mass is 380 g/mol. The number of halogens is 3. The number of aliphatic hydroxyl groups is 1. The van der Waals surface area contributed by atoms with Crippen LogP contribution in [0.15, 0.2) is 47.6 Å². The number of alkyl halides is 3. The second-order valence-corrected chi connectivity index (χ2v) is 5.96. The van der Waals surface area contributed by atoms with Crippen LogP contribution in [-0.2, 0) is 6.54 Å². The maximum absolute atomic E-state index is 13.1. The lowest BCUT2D eigenvalue weighted by atomic mass is 9.99. The molecule has 0 aliphatic rings. The Morgan fingerprint density at radius 3 is 2.37 bits per heavy atom. The molecule has 27 heavy (non-hydrogen) atoms. The van der Waals surface area contributed by atoms with Crippen molar-refractivity contribution in [2.45, 2.75) is 32.0 Å². The van der Waals surface area contributed by atoms with E-state index in [0.717, 1.165) is 23.4 Å². The van der Waals surface area contributed by atoms with Gasteiger partial charge in [0.2, 0.25) is 0 Å². The quantitative estimate of drug-likeness (QED) is 0.461. The largest absolute Gasteiger partial charge is 0.386 e. The fraction of sp³-hybridized carbons (Fsp3) is 0.368. The number of benzene rings is 1. The second-order valence-electron chi connectivity index (χ2n) is 5.96. The fourth-order valence-corrected chi connectivity index (χ4v) is 2.49. The Balaban J connectivity index is 2.12. The predicted octanol–water partition coefficient (Wildman–Crippen LogP) is 2.85. The van der Waals surface area contributed by atoms with Crippen molar-refractivity contribution in [1.82, 2.24) is 10.3 Å². The molecule has 0 radical (unpaired) electrons. The van der Waals surface area contributed by atoms with E-state index >= 15 is 0 Å². The van der Waals surface area contributed by atoms with Gasteiger partial charge in [-0.1, -0.05) is 37.3 Å². The molecule has 1 heterocycles. The van der Waals surface area contributed by atoms with Gasteiger partial charge in [-0.3, -0.25) is 9.98 Å². The van der Waals surface area contributed by atoms with Crippen LogP contribution in [-0.4, -0.2) is 41.6 Å². The van der Waals surface area contributed by atoms with Crippen molar-refractivity contribution in [3.05, 3.63) is 53.9 Å². The Morgan fingerprint density at radius 2 is 1.85 bits per heavy atom. The number of nitrogens with one attached hydrogen (secondary N) is 1. The Labute approximate surface area is 156 Å². The Kier molecular flexibility index (Phi) is 7.75. The van der Waals surface area contributed by atoms with E-state index in [9.17, 15) is 18.3 Å². The molecule has 1 aromatic carbocycles. The molecule has 0 aliphatic heterocycles. The third-order valence-electron chi connectivity index (χ3n) is 4.03. The molecule has 2 aromatic rings. The minimum atomic E-state index is -2.99. The summed E-state index contributed by atoms with van der Waals surface area (Å²) in [5.41, 5.74) is 8.10. The maximum Gasteiger partial charge on any atom is 0.294 e. The van der Waals surface area contributed by atoms with Gasteiger partial charge in [-0.15, -0.1) is 0 Å². The summed E-state index contributed by atoms with van der Waals surface area (Å²) in [5.74, 6) is -0.989. The number of amidine groups is 1. The van der Waals surface area contributed by atoms with Crippen molar-refractivity contribution in [2.24, 2.45) is 10.7 Å². The minimum absolute atomic E-state index is 0.365. The van der Waals surface area contributed by atoms with Gasteiger partial charge in [0.15, 0.2) is 5.84 Å². The minimum Gasteiger partial charge on any atom is -0.386 e. The molecule has 0 fully saturated rings. The zero-order chi connectivity index (χ0) is 19.8. The van der Waals surface area contributed by atoms with E-state index in [-0.39, 0.29) is 0 Å². The molecule has 0 aliphatic carbocycles. The second kappa shape index (κ2) is 10.0. The molecule has 2 atom stereocenters. The molecule has 8 heteroatoms. The van der Waals surface area contributed by atoms with Crippen LogP contribution >= 0.6 is 0 Å². The average Bonchev–Trinajstić information content (AvgIpc) is 2.70. The molecule has 0 amide bonds. The van der Waals surface area contributed by atoms with Crippen molar-refractivity contribution in [3.63, 3.8) is 0 Å². The molecule has 146 valence electrons. The first-order chi connectivity index (χ1) is 13.0. The van der Waals surface area contributed by atoms with Gasteiger partial charge in [0.25, 0.3) is 6.43 Å². The van der Waals surface area contributed by atoms with E-state index in [4.69, 9.17) is 5.73 Å². The fourth-order valence-electron chi connectivity index (χ4n) is 2.49. The third-order valence-corrected chi connectivity index (χ3v) is 4.03. The Hall–Kier alpha value is -2.45. The predicted molar refractivity (Wildman–Crippen MR) is 99.4 cm³/mol. The SMILES string of the molecule is CCNCc1ccc(-c2ccc([C@@H](O)[C@H](CF)N=C(N)C(F)F)cc2)cn1. The number of aliphatic hydroxyl groups excluding tert-OH is 1. The summed E-state index contributed by atoms with van der Waals surface area (Å²) in [6.07, 6.45) is -2.62. The molecule has 5 nitrogen and oxygen atoms in total. The average molecular weight is 380 g/mol. The molecule has 4 N–H and O–H groups in total. The van der Waals surface area contributed by atoms with Gasteiger partial charge in [0.1, 0.15) is 18.8 Å². The van der Waals surface area contributed by atoms with Crippen LogP contribution in [0.25, 0.3) is 11.1 Å². The number of aliphatic imine (C=N–C) groups is 1. The van der Waals surface area contributed by atoms with Crippen LogP contribution in [0.4, 0.5) is 13.2 Å². The van der Waals surface area contributed by atoms with Crippen LogP contribution in [0.1, 0.15) is 24.3 Å². The number of nitrogens with two attached hydrogens (primary N) is 1. The lowest BCUT2D eigenvalue weighted by molar-refractivity contribution is 0.132. The first kappa shape index (κ1) is 20.9. The highest BCUT2D eigenvalue weighted by Crippen LogP contribution is 2.25. The number of nitrogens with zero attached hydrogens (tertiary/aromatic N) is 2. The Bertz CT molecular complexity index is 736. The van der Waals surface area contributed by atoms with Gasteiger partial charge in [0, 0.05) is 18.3 Å². The van der Waals surface area contributed by atoms with Crippen LogP contribution < -0.4 is 11.1 Å². The standard InChI is InChI=1S/C19H23F3N4O/c1-2-24-11-15-8-7-14(10-25-15)12-3-5-13(6-4-12)17(27)16(9-20)26-19(23)18(21)22/h3-8,10,16-18,24,27H,2,9,11H2,1H3,(H2,23,26)/t16-,17+/m0/s1. The summed E-state index contributed by atoms with van der Waals surface area (Å²) in [7, 11) is 0. The summed E-state index contributed by atoms with van der Waals surface area (Å²) in [5, 5.41) is 13.4. The van der Waals surface area contributed by atoms with Crippen molar-refractivity contribution < 1.29 is 18.3 Å². The summed E-state index contributed by atoms with van der Waals surface area (Å²) in [6, 6.07) is 9.17. The molecular formula is C19H23F3N4O. The summed E-state index contributed by atoms with van der Waals surface area (Å²) in [4.78, 5) is 7.77. The van der Waals surface area contributed by atoms with Crippen molar-refractivity contribution in [3.8, 4) is 11.1 Å². The van der Waals surface area contributed by atoms with E-state index in [1.165, 1.54) is 0 Å². The van der Waals surface area contributed by atoms with Crippen LogP contribution in [0.5, 0.6) is 0 Å². The van der Waals surface area contributed by atoms with Gasteiger partial charge in [0.05, 0.1) is 5.69 Å². The van der Waals surface area contributed by atoms with Crippen LogP contribution in [0.2, 0.25) is 0 Å². The third kappa shape index (κ3) is 5.77. The summed E-state index contributed by atoms with van der Waals surface area (Å²) >= 11 is 0. The first-order valence-corrected chi connectivity index (χ1v) is 8.57. The van der Waals surface area contributed by atoms with E-state index in [1.807, 2.05) is 19.1 Å². The highest BCUT2D eigenvalue weighted by atomic mass is 19.3. The van der Waals surface area contributed by atoms with E-state index < -0.39 is 31.1 Å². The van der Waals surface area contributed by atoms with Crippen molar-refractivity contribution >= 4 is 5.84 Å². The topological polar surface area (TPSA) is 83.5 Å². The smallest absolute Gasteiger partial charge is 0.294 e. The highest BCUT2D eigenvalue weighted by Gasteiger charge is 2.22. The number of hydrogen-bond acceptors (Lipinski definition) is 4. The summed E-state index contributed by atoms with van der Waals surface area (Å²) in [6.45, 7) is 2.47. The van der Waals surface area contributed by atoms with E-state index in [2.05, 4.69) is 15.3 Å². The number of aromatic nitrogens is 1. The zero-order valence-corrected chi connectivity index (χ0v) is 14.9. The molecule has 0 saturated carbocycles. The normalized spacial score (nSPS) is 14.4. The molecule has 0 unspecified atom stereocenters. The Morgan fingerprint density at radius 1 is 1.19 bits per heavy atom. The van der Waals surface area contributed by atoms with Crippen molar-refractivity contribution in [1.29, 1.82) is 0 Å². The zero-order valence-electron chi connectivity index (χ0n) is 14.9. The molecular weight excluding hydrogens is 357 g/mol. The van der Waals surface area contributed by atoms with E-state index in [0.29, 0.717) is 12.1 Å². The molecule has 0 spiro atoms. The number of pyridine rings is 1. The van der Waals surface area contributed by atoms with Gasteiger partial charge in [-0.2, -0.15) is 0 Å². The number of hydrogen-bond donors (Lipinski definition) is 3. The highest BCUT2D eigenvalue weighted by molar-refractivity contribution is 5.83. The molecule has 2 rings (SSSR count). The van der Waals surface area contributed by atoms with E-state index in [1.54, 1.807) is 30.5 Å². The van der Waals surface area contributed by atoms with Gasteiger partial charge in [-0.25, -0.2) is 13.2 Å².